The van der Waals surface area contributed by atoms with Crippen LogP contribution in [0.25, 0.3) is 0 Å². The molecule has 0 saturated heterocycles. The van der Waals surface area contributed by atoms with E-state index in [2.05, 4.69) is 10.1 Å². The second kappa shape index (κ2) is 5.90. The lowest BCUT2D eigenvalue weighted by Gasteiger charge is -2.14. The Kier molecular flexibility index (Phi) is 4.21. The van der Waals surface area contributed by atoms with Crippen LogP contribution in [0.1, 0.15) is 22.6 Å². The molecule has 0 saturated carbocycles. The van der Waals surface area contributed by atoms with Crippen molar-refractivity contribution >= 4 is 5.97 Å². The molecule has 0 spiro atoms. The van der Waals surface area contributed by atoms with Crippen molar-refractivity contribution in [3.63, 3.8) is 0 Å². The van der Waals surface area contributed by atoms with E-state index in [1.807, 2.05) is 19.3 Å². The fraction of sp³-hybridized carbons (Fsp3) is 0.429. The number of aryl methyl sites for hydroxylation is 3. The number of carboxylic acid groups (broad SMARTS) is 1. The average molecular weight is 290 g/mol. The Hall–Kier alpha value is -2.44. The SMILES string of the molecule is Cc1nc(=O)n(CCc2ccn(C)n2)c(C)c1CC(=O)O. The molecule has 0 unspecified atom stereocenters. The molecule has 2 rings (SSSR count). The van der Waals surface area contributed by atoms with Crippen molar-refractivity contribution in [1.82, 2.24) is 19.3 Å². The minimum Gasteiger partial charge on any atom is -0.481 e. The molecular formula is C14H18N4O3. The van der Waals surface area contributed by atoms with E-state index in [1.165, 1.54) is 4.57 Å². The fourth-order valence-corrected chi connectivity index (χ4v) is 2.33. The standard InChI is InChI=1S/C14H18N4O3/c1-9-12(8-13(19)20)10(2)18(14(21)15-9)7-5-11-4-6-17(3)16-11/h4,6H,5,7-8H2,1-3H3,(H,19,20). The molecule has 7 nitrogen and oxygen atoms in total. The lowest BCUT2D eigenvalue weighted by atomic mass is 10.1. The Bertz CT molecular complexity index is 730. The van der Waals surface area contributed by atoms with Gasteiger partial charge in [0.1, 0.15) is 0 Å². The van der Waals surface area contributed by atoms with Crippen molar-refractivity contribution in [1.29, 1.82) is 0 Å². The number of carbonyl (C=O) groups is 1. The molecule has 0 aliphatic carbocycles. The number of carboxylic acids is 1. The normalized spacial score (nSPS) is 10.8. The van der Waals surface area contributed by atoms with Crippen LogP contribution in [0.5, 0.6) is 0 Å². The average Bonchev–Trinajstić information content (AvgIpc) is 2.80. The minimum atomic E-state index is -0.932. The van der Waals surface area contributed by atoms with Gasteiger partial charge in [0.15, 0.2) is 0 Å². The van der Waals surface area contributed by atoms with E-state index in [0.29, 0.717) is 29.9 Å². The molecule has 0 fully saturated rings. The van der Waals surface area contributed by atoms with E-state index in [0.717, 1.165) is 5.69 Å². The number of hydrogen-bond acceptors (Lipinski definition) is 4. The summed E-state index contributed by atoms with van der Waals surface area (Å²) in [5, 5.41) is 13.2. The number of aliphatic carboxylic acids is 1. The van der Waals surface area contributed by atoms with E-state index in [1.54, 1.807) is 18.5 Å². The summed E-state index contributed by atoms with van der Waals surface area (Å²) in [6.07, 6.45) is 2.31. The van der Waals surface area contributed by atoms with Gasteiger partial charge >= 0.3 is 11.7 Å². The summed E-state index contributed by atoms with van der Waals surface area (Å²) in [5.74, 6) is -0.932. The summed E-state index contributed by atoms with van der Waals surface area (Å²) in [7, 11) is 1.83. The molecule has 0 amide bonds. The summed E-state index contributed by atoms with van der Waals surface area (Å²) >= 11 is 0. The quantitative estimate of drug-likeness (QED) is 0.864. The predicted octanol–water partition coefficient (Wildman–Crippen LogP) is 0.463. The molecule has 2 aromatic rings. The largest absolute Gasteiger partial charge is 0.481 e. The highest BCUT2D eigenvalue weighted by Gasteiger charge is 2.14. The summed E-state index contributed by atoms with van der Waals surface area (Å²) in [6, 6.07) is 1.89. The molecule has 112 valence electrons. The third-order valence-corrected chi connectivity index (χ3v) is 3.46. The Labute approximate surface area is 121 Å². The van der Waals surface area contributed by atoms with Crippen molar-refractivity contribution in [2.24, 2.45) is 7.05 Å². The summed E-state index contributed by atoms with van der Waals surface area (Å²) in [4.78, 5) is 26.9. The second-order valence-electron chi connectivity index (χ2n) is 5.00. The van der Waals surface area contributed by atoms with Crippen LogP contribution < -0.4 is 5.69 Å². The van der Waals surface area contributed by atoms with Gasteiger partial charge in [-0.2, -0.15) is 10.1 Å². The van der Waals surface area contributed by atoms with Crippen LogP contribution in [0, 0.1) is 13.8 Å². The highest BCUT2D eigenvalue weighted by atomic mass is 16.4. The second-order valence-corrected chi connectivity index (χ2v) is 5.00. The van der Waals surface area contributed by atoms with Gasteiger partial charge in [0.05, 0.1) is 12.1 Å². The van der Waals surface area contributed by atoms with E-state index >= 15 is 0 Å². The maximum atomic E-state index is 12.0. The molecule has 0 aliphatic heterocycles. The molecule has 0 aliphatic rings. The van der Waals surface area contributed by atoms with Crippen LogP contribution in [0.3, 0.4) is 0 Å². The zero-order valence-electron chi connectivity index (χ0n) is 12.3. The minimum absolute atomic E-state index is 0.130. The molecule has 0 aromatic carbocycles. The van der Waals surface area contributed by atoms with Gasteiger partial charge in [-0.25, -0.2) is 4.79 Å². The van der Waals surface area contributed by atoms with Gasteiger partial charge in [0, 0.05) is 43.2 Å². The van der Waals surface area contributed by atoms with Crippen molar-refractivity contribution in [2.75, 3.05) is 0 Å². The first-order valence-corrected chi connectivity index (χ1v) is 6.65. The third kappa shape index (κ3) is 3.36. The monoisotopic (exact) mass is 290 g/mol. The van der Waals surface area contributed by atoms with E-state index in [-0.39, 0.29) is 12.1 Å². The Morgan fingerprint density at radius 2 is 2.10 bits per heavy atom. The molecule has 2 heterocycles. The molecule has 0 bridgehead atoms. The number of nitrogens with zero attached hydrogens (tertiary/aromatic N) is 4. The van der Waals surface area contributed by atoms with Gasteiger partial charge in [-0.3, -0.25) is 14.0 Å². The van der Waals surface area contributed by atoms with Crippen molar-refractivity contribution in [3.8, 4) is 0 Å². The molecule has 1 N–H and O–H groups in total. The first-order chi connectivity index (χ1) is 9.88. The van der Waals surface area contributed by atoms with Crippen molar-refractivity contribution in [2.45, 2.75) is 33.2 Å². The van der Waals surface area contributed by atoms with Crippen LogP contribution in [-0.2, 0) is 31.2 Å². The van der Waals surface area contributed by atoms with Crippen LogP contribution in [0.15, 0.2) is 17.1 Å². The number of aromatic nitrogens is 4. The van der Waals surface area contributed by atoms with Crippen molar-refractivity contribution in [3.05, 3.63) is 45.4 Å². The Morgan fingerprint density at radius 3 is 2.67 bits per heavy atom. The van der Waals surface area contributed by atoms with Gasteiger partial charge in [0.25, 0.3) is 0 Å². The topological polar surface area (TPSA) is 90.0 Å². The van der Waals surface area contributed by atoms with E-state index < -0.39 is 5.97 Å². The molecule has 0 radical (unpaired) electrons. The van der Waals surface area contributed by atoms with Gasteiger partial charge in [-0.1, -0.05) is 0 Å². The maximum absolute atomic E-state index is 12.0. The van der Waals surface area contributed by atoms with Crippen molar-refractivity contribution < 1.29 is 9.90 Å². The highest BCUT2D eigenvalue weighted by molar-refractivity contribution is 5.70. The number of rotatable bonds is 5. The van der Waals surface area contributed by atoms with Gasteiger partial charge in [-0.05, 0) is 19.9 Å². The third-order valence-electron chi connectivity index (χ3n) is 3.46. The molecule has 7 heteroatoms. The van der Waals surface area contributed by atoms with Gasteiger partial charge < -0.3 is 5.11 Å². The summed E-state index contributed by atoms with van der Waals surface area (Å²) in [6.45, 7) is 3.85. The first kappa shape index (κ1) is 15.0. The maximum Gasteiger partial charge on any atom is 0.347 e. The van der Waals surface area contributed by atoms with Crippen LogP contribution in [0.2, 0.25) is 0 Å². The molecular weight excluding hydrogens is 272 g/mol. The summed E-state index contributed by atoms with van der Waals surface area (Å²) in [5.41, 5.74) is 2.27. The molecule has 0 atom stereocenters. The molecule has 2 aromatic heterocycles. The predicted molar refractivity (Wildman–Crippen MR) is 76.2 cm³/mol. The smallest absolute Gasteiger partial charge is 0.347 e. The number of hydrogen-bond donors (Lipinski definition) is 1. The van der Waals surface area contributed by atoms with Crippen LogP contribution in [-0.4, -0.2) is 30.4 Å². The van der Waals surface area contributed by atoms with Gasteiger partial charge in [0.2, 0.25) is 0 Å². The van der Waals surface area contributed by atoms with Gasteiger partial charge in [-0.15, -0.1) is 0 Å². The van der Waals surface area contributed by atoms with E-state index in [9.17, 15) is 9.59 Å². The fourth-order valence-electron chi connectivity index (χ4n) is 2.33. The lowest BCUT2D eigenvalue weighted by molar-refractivity contribution is -0.136. The van der Waals surface area contributed by atoms with Crippen LogP contribution >= 0.6 is 0 Å². The van der Waals surface area contributed by atoms with E-state index in [4.69, 9.17) is 5.11 Å². The zero-order chi connectivity index (χ0) is 15.6. The zero-order valence-corrected chi connectivity index (χ0v) is 12.3. The Balaban J connectivity index is 2.30. The first-order valence-electron chi connectivity index (χ1n) is 6.65. The van der Waals surface area contributed by atoms with Crippen LogP contribution in [0.4, 0.5) is 0 Å². The lowest BCUT2D eigenvalue weighted by Crippen LogP contribution is -2.29. The highest BCUT2D eigenvalue weighted by Crippen LogP contribution is 2.11. The molecule has 21 heavy (non-hydrogen) atoms. The summed E-state index contributed by atoms with van der Waals surface area (Å²) < 4.78 is 3.22. The Morgan fingerprint density at radius 1 is 1.38 bits per heavy atom.